The van der Waals surface area contributed by atoms with Gasteiger partial charge in [0.15, 0.2) is 0 Å². The van der Waals surface area contributed by atoms with E-state index in [0.29, 0.717) is 5.82 Å². The standard InChI is InChI=1S/C11H14F3N3OS/c1-15-10-7-4-19-5-8(7)16-9(17-10)2-3-18-6-11(12,13)14/h2-6H2,1H3,(H,15,16,17). The third kappa shape index (κ3) is 3.97. The molecule has 106 valence electrons. The van der Waals surface area contributed by atoms with Gasteiger partial charge in [0, 0.05) is 30.5 Å². The van der Waals surface area contributed by atoms with Crippen LogP contribution in [0.5, 0.6) is 0 Å². The summed E-state index contributed by atoms with van der Waals surface area (Å²) < 4.78 is 40.3. The van der Waals surface area contributed by atoms with Crippen LogP contribution in [-0.2, 0) is 22.7 Å². The fourth-order valence-corrected chi connectivity index (χ4v) is 2.81. The highest BCUT2D eigenvalue weighted by Crippen LogP contribution is 2.32. The van der Waals surface area contributed by atoms with Crippen molar-refractivity contribution >= 4 is 17.6 Å². The number of hydrogen-bond donors (Lipinski definition) is 1. The van der Waals surface area contributed by atoms with Crippen LogP contribution in [0.15, 0.2) is 0 Å². The number of aromatic nitrogens is 2. The Hall–Kier alpha value is -1.02. The Kier molecular flexibility index (Phi) is 4.51. The topological polar surface area (TPSA) is 47.0 Å². The lowest BCUT2D eigenvalue weighted by Gasteiger charge is -2.10. The van der Waals surface area contributed by atoms with E-state index in [0.717, 1.165) is 28.6 Å². The lowest BCUT2D eigenvalue weighted by Crippen LogP contribution is -2.18. The van der Waals surface area contributed by atoms with Crippen molar-refractivity contribution in [1.82, 2.24) is 9.97 Å². The van der Waals surface area contributed by atoms with Crippen LogP contribution in [0.1, 0.15) is 17.1 Å². The van der Waals surface area contributed by atoms with E-state index in [1.165, 1.54) is 0 Å². The minimum atomic E-state index is -4.29. The Morgan fingerprint density at radius 3 is 2.79 bits per heavy atom. The van der Waals surface area contributed by atoms with Crippen molar-refractivity contribution in [3.05, 3.63) is 17.1 Å². The molecule has 0 saturated carbocycles. The monoisotopic (exact) mass is 293 g/mol. The predicted octanol–water partition coefficient (Wildman–Crippen LogP) is 2.39. The van der Waals surface area contributed by atoms with E-state index in [1.54, 1.807) is 18.8 Å². The van der Waals surface area contributed by atoms with E-state index in [-0.39, 0.29) is 13.0 Å². The molecular weight excluding hydrogens is 279 g/mol. The van der Waals surface area contributed by atoms with Gasteiger partial charge in [0.05, 0.1) is 12.3 Å². The van der Waals surface area contributed by atoms with Crippen LogP contribution in [0.4, 0.5) is 19.0 Å². The maximum atomic E-state index is 11.9. The number of halogens is 3. The minimum Gasteiger partial charge on any atom is -0.373 e. The normalized spacial score (nSPS) is 14.5. The summed E-state index contributed by atoms with van der Waals surface area (Å²) in [5, 5.41) is 3.00. The summed E-state index contributed by atoms with van der Waals surface area (Å²) in [5.41, 5.74) is 2.06. The maximum absolute atomic E-state index is 11.9. The van der Waals surface area contributed by atoms with Crippen LogP contribution in [0.25, 0.3) is 0 Å². The zero-order valence-electron chi connectivity index (χ0n) is 10.4. The molecule has 1 aromatic heterocycles. The summed E-state index contributed by atoms with van der Waals surface area (Å²) in [7, 11) is 1.77. The second kappa shape index (κ2) is 5.96. The first-order valence-electron chi connectivity index (χ1n) is 5.78. The van der Waals surface area contributed by atoms with Crippen LogP contribution >= 0.6 is 11.8 Å². The van der Waals surface area contributed by atoms with Gasteiger partial charge in [-0.25, -0.2) is 9.97 Å². The van der Waals surface area contributed by atoms with Gasteiger partial charge in [-0.05, 0) is 0 Å². The van der Waals surface area contributed by atoms with Crippen molar-refractivity contribution in [2.45, 2.75) is 24.1 Å². The van der Waals surface area contributed by atoms with Gasteiger partial charge in [-0.1, -0.05) is 0 Å². The van der Waals surface area contributed by atoms with E-state index >= 15 is 0 Å². The highest BCUT2D eigenvalue weighted by Gasteiger charge is 2.27. The van der Waals surface area contributed by atoms with Crippen molar-refractivity contribution < 1.29 is 17.9 Å². The molecule has 2 heterocycles. The zero-order chi connectivity index (χ0) is 13.9. The summed E-state index contributed by atoms with van der Waals surface area (Å²) in [4.78, 5) is 8.66. The van der Waals surface area contributed by atoms with E-state index in [9.17, 15) is 13.2 Å². The highest BCUT2D eigenvalue weighted by molar-refractivity contribution is 7.98. The summed E-state index contributed by atoms with van der Waals surface area (Å²) in [5.74, 6) is 2.98. The lowest BCUT2D eigenvalue weighted by molar-refractivity contribution is -0.173. The van der Waals surface area contributed by atoms with Gasteiger partial charge in [-0.2, -0.15) is 24.9 Å². The van der Waals surface area contributed by atoms with E-state index in [4.69, 9.17) is 0 Å². The Morgan fingerprint density at radius 2 is 2.11 bits per heavy atom. The molecule has 2 rings (SSSR count). The van der Waals surface area contributed by atoms with Gasteiger partial charge < -0.3 is 10.1 Å². The molecule has 0 atom stereocenters. The second-order valence-electron chi connectivity index (χ2n) is 4.07. The molecule has 8 heteroatoms. The van der Waals surface area contributed by atoms with Gasteiger partial charge in [0.25, 0.3) is 0 Å². The molecule has 0 unspecified atom stereocenters. The van der Waals surface area contributed by atoms with Crippen molar-refractivity contribution in [1.29, 1.82) is 0 Å². The third-order valence-corrected chi connectivity index (χ3v) is 3.57. The SMILES string of the molecule is CNc1nc(CCOCC(F)(F)F)nc2c1CSC2. The maximum Gasteiger partial charge on any atom is 0.411 e. The molecule has 0 fully saturated rings. The largest absolute Gasteiger partial charge is 0.411 e. The van der Waals surface area contributed by atoms with Gasteiger partial charge in [0.1, 0.15) is 18.2 Å². The highest BCUT2D eigenvalue weighted by atomic mass is 32.2. The molecule has 1 aliphatic rings. The number of rotatable bonds is 5. The summed E-state index contributed by atoms with van der Waals surface area (Å²) >= 11 is 1.75. The number of nitrogens with one attached hydrogen (secondary N) is 1. The second-order valence-corrected chi connectivity index (χ2v) is 5.06. The van der Waals surface area contributed by atoms with Gasteiger partial charge in [0.2, 0.25) is 0 Å². The fourth-order valence-electron chi connectivity index (χ4n) is 1.77. The molecular formula is C11H14F3N3OS. The van der Waals surface area contributed by atoms with Crippen LogP contribution in [0, 0.1) is 0 Å². The van der Waals surface area contributed by atoms with Crippen LogP contribution in [0.3, 0.4) is 0 Å². The number of alkyl halides is 3. The summed E-state index contributed by atoms with van der Waals surface area (Å²) in [6.07, 6.45) is -4.01. The first-order chi connectivity index (χ1) is 8.99. The van der Waals surface area contributed by atoms with E-state index < -0.39 is 12.8 Å². The smallest absolute Gasteiger partial charge is 0.373 e. The lowest BCUT2D eigenvalue weighted by atomic mass is 10.2. The Labute approximate surface area is 113 Å². The number of nitrogens with zero attached hydrogens (tertiary/aromatic N) is 2. The Bertz CT molecular complexity index is 454. The molecule has 0 aliphatic carbocycles. The first-order valence-corrected chi connectivity index (χ1v) is 6.93. The fraction of sp³-hybridized carbons (Fsp3) is 0.636. The Morgan fingerprint density at radius 1 is 1.32 bits per heavy atom. The average molecular weight is 293 g/mol. The van der Waals surface area contributed by atoms with Crippen LogP contribution in [0.2, 0.25) is 0 Å². The van der Waals surface area contributed by atoms with E-state index in [1.807, 2.05) is 0 Å². The average Bonchev–Trinajstić information content (AvgIpc) is 2.80. The molecule has 1 N–H and O–H groups in total. The van der Waals surface area contributed by atoms with Crippen molar-refractivity contribution in [2.24, 2.45) is 0 Å². The molecule has 0 radical (unpaired) electrons. The molecule has 0 bridgehead atoms. The first kappa shape index (κ1) is 14.4. The van der Waals surface area contributed by atoms with Crippen LogP contribution in [-0.4, -0.2) is 36.4 Å². The number of hydrogen-bond acceptors (Lipinski definition) is 5. The molecule has 0 aromatic carbocycles. The van der Waals surface area contributed by atoms with Crippen LogP contribution < -0.4 is 5.32 Å². The van der Waals surface area contributed by atoms with Gasteiger partial charge >= 0.3 is 6.18 Å². The molecule has 0 spiro atoms. The van der Waals surface area contributed by atoms with Gasteiger partial charge in [-0.15, -0.1) is 0 Å². The number of ether oxygens (including phenoxy) is 1. The molecule has 4 nitrogen and oxygen atoms in total. The summed E-state index contributed by atoms with van der Waals surface area (Å²) in [6, 6.07) is 0. The predicted molar refractivity (Wildman–Crippen MR) is 67.2 cm³/mol. The molecule has 0 saturated heterocycles. The van der Waals surface area contributed by atoms with Crippen molar-refractivity contribution in [3.63, 3.8) is 0 Å². The van der Waals surface area contributed by atoms with Gasteiger partial charge in [-0.3, -0.25) is 0 Å². The minimum absolute atomic E-state index is 0.0331. The van der Waals surface area contributed by atoms with E-state index in [2.05, 4.69) is 20.0 Å². The van der Waals surface area contributed by atoms with Crippen molar-refractivity contribution in [3.8, 4) is 0 Å². The molecule has 1 aliphatic heterocycles. The molecule has 19 heavy (non-hydrogen) atoms. The quantitative estimate of drug-likeness (QED) is 0.845. The van der Waals surface area contributed by atoms with Crippen molar-refractivity contribution in [2.75, 3.05) is 25.6 Å². The summed E-state index contributed by atoms with van der Waals surface area (Å²) in [6.45, 7) is -1.26. The zero-order valence-corrected chi connectivity index (χ0v) is 11.2. The molecule has 0 amide bonds. The number of fused-ring (bicyclic) bond motifs is 1. The number of anilines is 1. The Balaban J connectivity index is 1.94. The number of thioether (sulfide) groups is 1. The third-order valence-electron chi connectivity index (χ3n) is 2.60. The molecule has 1 aromatic rings.